The van der Waals surface area contributed by atoms with Gasteiger partial charge in [-0.25, -0.2) is 0 Å². The molecule has 2 aliphatic rings. The summed E-state index contributed by atoms with van der Waals surface area (Å²) >= 11 is 0. The van der Waals surface area contributed by atoms with Crippen LogP contribution in [0.3, 0.4) is 0 Å². The Kier molecular flexibility index (Phi) is 3.03. The molecular weight excluding hydrogens is 178 g/mol. The van der Waals surface area contributed by atoms with Gasteiger partial charge in [-0.15, -0.1) is 0 Å². The van der Waals surface area contributed by atoms with E-state index in [0.717, 1.165) is 45.4 Å². The van der Waals surface area contributed by atoms with E-state index in [-0.39, 0.29) is 11.8 Å². The maximum absolute atomic E-state index is 11.0. The Hall–Kier alpha value is -0.610. The van der Waals surface area contributed by atoms with Crippen LogP contribution in [0, 0.1) is 5.92 Å². The fourth-order valence-corrected chi connectivity index (χ4v) is 2.60. The fraction of sp³-hybridized carbons (Fsp3) is 0.900. The monoisotopic (exact) mass is 197 g/mol. The zero-order valence-corrected chi connectivity index (χ0v) is 8.54. The minimum absolute atomic E-state index is 0.109. The molecule has 0 aromatic rings. The van der Waals surface area contributed by atoms with Gasteiger partial charge < -0.3 is 11.1 Å². The third-order valence-electron chi connectivity index (χ3n) is 3.48. The van der Waals surface area contributed by atoms with E-state index in [1.165, 1.54) is 0 Å². The maximum Gasteiger partial charge on any atom is 0.220 e. The molecule has 2 atom stereocenters. The molecule has 14 heavy (non-hydrogen) atoms. The highest BCUT2D eigenvalue weighted by Gasteiger charge is 2.32. The van der Waals surface area contributed by atoms with Crippen LogP contribution in [-0.2, 0) is 4.79 Å². The Balaban J connectivity index is 1.85. The zero-order chi connectivity index (χ0) is 9.97. The Labute approximate surface area is 84.8 Å². The van der Waals surface area contributed by atoms with E-state index in [0.29, 0.717) is 6.04 Å². The number of carbonyl (C=O) groups is 1. The van der Waals surface area contributed by atoms with Crippen LogP contribution in [0.5, 0.6) is 0 Å². The van der Waals surface area contributed by atoms with E-state index in [9.17, 15) is 4.79 Å². The number of amides is 1. The lowest BCUT2D eigenvalue weighted by molar-refractivity contribution is -0.121. The lowest BCUT2D eigenvalue weighted by Crippen LogP contribution is -2.47. The van der Waals surface area contributed by atoms with Crippen LogP contribution in [-0.4, -0.2) is 43.0 Å². The first-order valence-corrected chi connectivity index (χ1v) is 5.51. The zero-order valence-electron chi connectivity index (χ0n) is 8.54. The highest BCUT2D eigenvalue weighted by molar-refractivity contribution is 5.76. The molecule has 1 heterocycles. The predicted molar refractivity (Wildman–Crippen MR) is 54.8 cm³/mol. The molecule has 1 amide bonds. The van der Waals surface area contributed by atoms with Gasteiger partial charge in [-0.1, -0.05) is 0 Å². The summed E-state index contributed by atoms with van der Waals surface area (Å²) in [6.07, 6.45) is 3.12. The molecule has 4 nitrogen and oxygen atoms in total. The number of nitrogens with zero attached hydrogens (tertiary/aromatic N) is 1. The molecule has 0 bridgehead atoms. The summed E-state index contributed by atoms with van der Waals surface area (Å²) in [6, 6.07) is 0.606. The molecule has 0 aromatic heterocycles. The van der Waals surface area contributed by atoms with E-state index in [1.807, 2.05) is 0 Å². The number of primary amides is 1. The number of nitrogens with two attached hydrogens (primary N) is 1. The lowest BCUT2D eigenvalue weighted by atomic mass is 10.1. The molecule has 80 valence electrons. The standard InChI is InChI=1S/C10H19N3O/c11-10(14)8-1-2-9(7-8)13-5-3-12-4-6-13/h8-9,12H,1-7H2,(H2,11,14). The molecule has 0 aromatic carbocycles. The molecular formula is C10H19N3O. The summed E-state index contributed by atoms with van der Waals surface area (Å²) in [6.45, 7) is 4.40. The Morgan fingerprint density at radius 2 is 2.00 bits per heavy atom. The van der Waals surface area contributed by atoms with Crippen molar-refractivity contribution < 1.29 is 4.79 Å². The molecule has 0 radical (unpaired) electrons. The molecule has 2 fully saturated rings. The van der Waals surface area contributed by atoms with Gasteiger partial charge in [0.15, 0.2) is 0 Å². The van der Waals surface area contributed by atoms with Crippen molar-refractivity contribution in [2.45, 2.75) is 25.3 Å². The summed E-state index contributed by atoms with van der Waals surface area (Å²) in [5, 5.41) is 3.34. The average Bonchev–Trinajstić information content (AvgIpc) is 2.68. The van der Waals surface area contributed by atoms with Gasteiger partial charge in [0, 0.05) is 38.1 Å². The van der Waals surface area contributed by atoms with Crippen LogP contribution in [0.2, 0.25) is 0 Å². The quantitative estimate of drug-likeness (QED) is 0.630. The van der Waals surface area contributed by atoms with Crippen LogP contribution >= 0.6 is 0 Å². The third kappa shape index (κ3) is 2.07. The molecule has 0 spiro atoms. The van der Waals surface area contributed by atoms with E-state index in [2.05, 4.69) is 10.2 Å². The first kappa shape index (κ1) is 9.93. The SMILES string of the molecule is NC(=O)C1CCC(N2CCNCC2)C1. The van der Waals surface area contributed by atoms with Crippen molar-refractivity contribution in [3.05, 3.63) is 0 Å². The molecule has 4 heteroatoms. The number of hydrogen-bond donors (Lipinski definition) is 2. The summed E-state index contributed by atoms with van der Waals surface area (Å²) in [5.41, 5.74) is 5.32. The molecule has 1 saturated heterocycles. The number of carbonyl (C=O) groups excluding carboxylic acids is 1. The summed E-state index contributed by atoms with van der Waals surface area (Å²) < 4.78 is 0. The van der Waals surface area contributed by atoms with Crippen molar-refractivity contribution in [3.63, 3.8) is 0 Å². The number of hydrogen-bond acceptors (Lipinski definition) is 3. The van der Waals surface area contributed by atoms with Crippen LogP contribution < -0.4 is 11.1 Å². The molecule has 1 saturated carbocycles. The van der Waals surface area contributed by atoms with Crippen LogP contribution in [0.4, 0.5) is 0 Å². The first-order valence-electron chi connectivity index (χ1n) is 5.51. The van der Waals surface area contributed by atoms with Gasteiger partial charge in [-0.3, -0.25) is 9.69 Å². The van der Waals surface area contributed by atoms with E-state index in [1.54, 1.807) is 0 Å². The van der Waals surface area contributed by atoms with Crippen molar-refractivity contribution in [2.24, 2.45) is 11.7 Å². The summed E-state index contributed by atoms with van der Waals surface area (Å²) in [7, 11) is 0. The van der Waals surface area contributed by atoms with Gasteiger partial charge in [-0.05, 0) is 19.3 Å². The summed E-state index contributed by atoms with van der Waals surface area (Å²) in [4.78, 5) is 13.5. The topological polar surface area (TPSA) is 58.4 Å². The van der Waals surface area contributed by atoms with E-state index in [4.69, 9.17) is 5.73 Å². The predicted octanol–water partition coefficient (Wildman–Crippen LogP) is -0.454. The fourth-order valence-electron chi connectivity index (χ4n) is 2.60. The van der Waals surface area contributed by atoms with E-state index >= 15 is 0 Å². The second kappa shape index (κ2) is 4.28. The molecule has 2 rings (SSSR count). The smallest absolute Gasteiger partial charge is 0.220 e. The van der Waals surface area contributed by atoms with Gasteiger partial charge in [0.1, 0.15) is 0 Å². The van der Waals surface area contributed by atoms with Crippen molar-refractivity contribution in [1.82, 2.24) is 10.2 Å². The van der Waals surface area contributed by atoms with Gasteiger partial charge in [-0.2, -0.15) is 0 Å². The maximum atomic E-state index is 11.0. The number of nitrogens with one attached hydrogen (secondary N) is 1. The Bertz CT molecular complexity index is 213. The van der Waals surface area contributed by atoms with Gasteiger partial charge in [0.2, 0.25) is 5.91 Å². The molecule has 3 N–H and O–H groups in total. The van der Waals surface area contributed by atoms with Crippen LogP contribution in [0.1, 0.15) is 19.3 Å². The van der Waals surface area contributed by atoms with Crippen LogP contribution in [0.15, 0.2) is 0 Å². The van der Waals surface area contributed by atoms with Crippen molar-refractivity contribution in [3.8, 4) is 0 Å². The van der Waals surface area contributed by atoms with Crippen molar-refractivity contribution in [1.29, 1.82) is 0 Å². The lowest BCUT2D eigenvalue weighted by Gasteiger charge is -2.32. The highest BCUT2D eigenvalue weighted by atomic mass is 16.1. The van der Waals surface area contributed by atoms with Gasteiger partial charge >= 0.3 is 0 Å². The first-order chi connectivity index (χ1) is 6.77. The number of piperazine rings is 1. The van der Waals surface area contributed by atoms with Crippen LogP contribution in [0.25, 0.3) is 0 Å². The summed E-state index contributed by atoms with van der Waals surface area (Å²) in [5.74, 6) is 0.0255. The molecule has 1 aliphatic carbocycles. The molecule has 2 unspecified atom stereocenters. The second-order valence-corrected chi connectivity index (χ2v) is 4.35. The highest BCUT2D eigenvalue weighted by Crippen LogP contribution is 2.29. The Morgan fingerprint density at radius 1 is 1.29 bits per heavy atom. The third-order valence-corrected chi connectivity index (χ3v) is 3.48. The van der Waals surface area contributed by atoms with Gasteiger partial charge in [0.05, 0.1) is 0 Å². The Morgan fingerprint density at radius 3 is 2.57 bits per heavy atom. The second-order valence-electron chi connectivity index (χ2n) is 4.35. The van der Waals surface area contributed by atoms with Crippen molar-refractivity contribution in [2.75, 3.05) is 26.2 Å². The van der Waals surface area contributed by atoms with Crippen molar-refractivity contribution >= 4 is 5.91 Å². The number of rotatable bonds is 2. The van der Waals surface area contributed by atoms with Gasteiger partial charge in [0.25, 0.3) is 0 Å². The molecule has 1 aliphatic heterocycles. The largest absolute Gasteiger partial charge is 0.369 e. The normalized spacial score (nSPS) is 34.6. The minimum Gasteiger partial charge on any atom is -0.369 e. The average molecular weight is 197 g/mol. The minimum atomic E-state index is -0.109. The van der Waals surface area contributed by atoms with E-state index < -0.39 is 0 Å².